The number of rotatable bonds is 6. The van der Waals surface area contributed by atoms with Crippen LogP contribution in [0.25, 0.3) is 5.57 Å². The van der Waals surface area contributed by atoms with Gasteiger partial charge in [-0.3, -0.25) is 10.1 Å². The lowest BCUT2D eigenvalue weighted by Gasteiger charge is -2.32. The summed E-state index contributed by atoms with van der Waals surface area (Å²) in [7, 11) is 0. The van der Waals surface area contributed by atoms with E-state index in [-0.39, 0.29) is 5.69 Å². The normalized spacial score (nSPS) is 15.1. The number of nitriles is 1. The molecule has 0 radical (unpaired) electrons. The molecule has 0 aliphatic carbocycles. The van der Waals surface area contributed by atoms with Crippen molar-refractivity contribution < 1.29 is 4.92 Å². The number of hydrogen-bond acceptors (Lipinski definition) is 4. The summed E-state index contributed by atoms with van der Waals surface area (Å²) in [4.78, 5) is 12.5. The minimum Gasteiger partial charge on any atom is -0.341 e. The van der Waals surface area contributed by atoms with Crippen molar-refractivity contribution >= 4 is 11.3 Å². The molecule has 1 aliphatic heterocycles. The lowest BCUT2D eigenvalue weighted by atomic mass is 9.90. The zero-order chi connectivity index (χ0) is 22.0. The van der Waals surface area contributed by atoms with Gasteiger partial charge in [-0.15, -0.1) is 0 Å². The molecule has 0 bridgehead atoms. The van der Waals surface area contributed by atoms with E-state index in [0.717, 1.165) is 23.5 Å². The first-order valence-corrected chi connectivity index (χ1v) is 9.52. The Morgan fingerprint density at radius 3 is 2.28 bits per heavy atom. The van der Waals surface area contributed by atoms with Crippen molar-refractivity contribution in [3.8, 4) is 6.07 Å². The van der Waals surface area contributed by atoms with Crippen LogP contribution in [0.15, 0.2) is 90.3 Å². The van der Waals surface area contributed by atoms with Crippen molar-refractivity contribution in [1.29, 1.82) is 5.26 Å². The second-order valence-electron chi connectivity index (χ2n) is 5.73. The van der Waals surface area contributed by atoms with Crippen LogP contribution in [0.2, 0.25) is 0 Å². The number of nitro groups is 1. The maximum absolute atomic E-state index is 10.9. The Morgan fingerprint density at radius 1 is 1.24 bits per heavy atom. The molecule has 0 unspecified atom stereocenters. The monoisotopic (exact) mass is 389 g/mol. The third kappa shape index (κ3) is 4.99. The van der Waals surface area contributed by atoms with E-state index < -0.39 is 4.92 Å². The van der Waals surface area contributed by atoms with Gasteiger partial charge in [-0.25, -0.2) is 0 Å². The highest BCUT2D eigenvalue weighted by Crippen LogP contribution is 2.36. The van der Waals surface area contributed by atoms with E-state index in [4.69, 9.17) is 0 Å². The molecule has 0 amide bonds. The molecule has 5 nitrogen and oxygen atoms in total. The number of hydrogen-bond donors (Lipinski definition) is 0. The third-order valence-electron chi connectivity index (χ3n) is 4.26. The van der Waals surface area contributed by atoms with E-state index >= 15 is 0 Å². The van der Waals surface area contributed by atoms with Crippen molar-refractivity contribution in [1.82, 2.24) is 4.90 Å². The number of benzene rings is 1. The van der Waals surface area contributed by atoms with Gasteiger partial charge >= 0.3 is 0 Å². The van der Waals surface area contributed by atoms with E-state index in [1.54, 1.807) is 24.3 Å². The van der Waals surface area contributed by atoms with Gasteiger partial charge in [-0.2, -0.15) is 5.26 Å². The van der Waals surface area contributed by atoms with Crippen LogP contribution in [-0.2, 0) is 0 Å². The number of nitrogens with zero attached hydrogens (tertiary/aromatic N) is 3. The van der Waals surface area contributed by atoms with Crippen LogP contribution >= 0.6 is 0 Å². The molecule has 0 aromatic heterocycles. The van der Waals surface area contributed by atoms with E-state index in [9.17, 15) is 15.4 Å². The smallest absolute Gasteiger partial charge is 0.269 e. The van der Waals surface area contributed by atoms with E-state index in [2.05, 4.69) is 24.1 Å². The summed E-state index contributed by atoms with van der Waals surface area (Å²) >= 11 is 0. The van der Waals surface area contributed by atoms with Crippen molar-refractivity contribution in [2.24, 2.45) is 0 Å². The van der Waals surface area contributed by atoms with Crippen molar-refractivity contribution in [2.75, 3.05) is 6.54 Å². The second-order valence-corrected chi connectivity index (χ2v) is 5.73. The third-order valence-corrected chi connectivity index (χ3v) is 4.26. The average molecular weight is 389 g/mol. The Morgan fingerprint density at radius 2 is 1.86 bits per heavy atom. The minimum atomic E-state index is -0.461. The van der Waals surface area contributed by atoms with E-state index in [1.807, 2.05) is 45.9 Å². The summed E-state index contributed by atoms with van der Waals surface area (Å²) in [6, 6.07) is 8.23. The van der Waals surface area contributed by atoms with Gasteiger partial charge in [0.2, 0.25) is 0 Å². The van der Waals surface area contributed by atoms with Gasteiger partial charge in [0.15, 0.2) is 0 Å². The number of nitro benzene ring substituents is 1. The van der Waals surface area contributed by atoms with Gasteiger partial charge in [0.1, 0.15) is 6.07 Å². The maximum atomic E-state index is 10.9. The molecule has 2 rings (SSSR count). The number of non-ortho nitro benzene ring substituents is 1. The molecule has 29 heavy (non-hydrogen) atoms. The Hall–Kier alpha value is -3.65. The summed E-state index contributed by atoms with van der Waals surface area (Å²) in [5.41, 5.74) is 4.35. The first kappa shape index (κ1) is 23.4. The van der Waals surface area contributed by atoms with Gasteiger partial charge in [-0.1, -0.05) is 39.2 Å². The minimum absolute atomic E-state index is 0.0155. The topological polar surface area (TPSA) is 70.2 Å². The van der Waals surface area contributed by atoms with Gasteiger partial charge < -0.3 is 4.90 Å². The van der Waals surface area contributed by atoms with Gasteiger partial charge in [-0.05, 0) is 49.8 Å². The fraction of sp³-hybridized carbons (Fsp3) is 0.208. The highest BCUT2D eigenvalue weighted by molar-refractivity contribution is 5.86. The molecule has 0 spiro atoms. The molecule has 1 aromatic carbocycles. The second kappa shape index (κ2) is 11.3. The highest BCUT2D eigenvalue weighted by Gasteiger charge is 2.23. The summed E-state index contributed by atoms with van der Waals surface area (Å²) in [5.74, 6) is 0. The zero-order valence-corrected chi connectivity index (χ0v) is 17.5. The largest absolute Gasteiger partial charge is 0.341 e. The van der Waals surface area contributed by atoms with Crippen molar-refractivity contribution in [2.45, 2.75) is 27.7 Å². The lowest BCUT2D eigenvalue weighted by molar-refractivity contribution is -0.384. The molecule has 0 fully saturated rings. The van der Waals surface area contributed by atoms with Gasteiger partial charge in [0.25, 0.3) is 5.69 Å². The molecule has 0 N–H and O–H groups in total. The molecule has 150 valence electrons. The quantitative estimate of drug-likeness (QED) is 0.324. The Balaban J connectivity index is 0.00000204. The Labute approximate surface area is 173 Å². The molecular weight excluding hydrogens is 362 g/mol. The molecule has 0 atom stereocenters. The molecular formula is C24H27N3O2. The van der Waals surface area contributed by atoms with Gasteiger partial charge in [0.05, 0.1) is 10.5 Å². The van der Waals surface area contributed by atoms with Crippen molar-refractivity contribution in [3.63, 3.8) is 0 Å². The van der Waals surface area contributed by atoms with Crippen LogP contribution in [0.3, 0.4) is 0 Å². The summed E-state index contributed by atoms with van der Waals surface area (Å²) in [6.45, 7) is 16.5. The molecule has 1 aliphatic rings. The Bertz CT molecular complexity index is 939. The van der Waals surface area contributed by atoms with Crippen molar-refractivity contribution in [3.05, 3.63) is 106 Å². The fourth-order valence-corrected chi connectivity index (χ4v) is 3.06. The molecule has 0 saturated carbocycles. The average Bonchev–Trinajstić information content (AvgIpc) is 2.75. The lowest BCUT2D eigenvalue weighted by Crippen LogP contribution is -2.25. The standard InChI is InChI=1S/C22H21N3O2.C2H6/c1-5-9-18-14-20(19(6-2)22(7-3)24(18)8-4)21(15-23)16-10-12-17(13-11-16)25(26)27;1-2/h5-7,9-14H,2-3,8H2,1,4H3;1-2H3/b9-5+,21-20+;. The zero-order valence-electron chi connectivity index (χ0n) is 17.5. The predicted molar refractivity (Wildman–Crippen MR) is 120 cm³/mol. The molecule has 5 heteroatoms. The van der Waals surface area contributed by atoms with Crippen LogP contribution in [0.5, 0.6) is 0 Å². The highest BCUT2D eigenvalue weighted by atomic mass is 16.6. The van der Waals surface area contributed by atoms with Crippen LogP contribution in [-0.4, -0.2) is 16.4 Å². The number of allylic oxidation sites excluding steroid dienone is 8. The van der Waals surface area contributed by atoms with Crippen LogP contribution in [0.4, 0.5) is 5.69 Å². The van der Waals surface area contributed by atoms with E-state index in [0.29, 0.717) is 16.7 Å². The predicted octanol–water partition coefficient (Wildman–Crippen LogP) is 6.32. The fourth-order valence-electron chi connectivity index (χ4n) is 3.06. The number of likely N-dealkylation sites (N-methyl/N-ethyl adjacent to an activating group) is 1. The SMILES string of the molecule is C=CC1=C(C=C)N(CC)C(/C=C/C)=CC/1=C(/C#N)c1ccc([N+](=O)[O-])cc1.CC. The van der Waals surface area contributed by atoms with Crippen LogP contribution in [0, 0.1) is 21.4 Å². The molecule has 0 saturated heterocycles. The first-order valence-electron chi connectivity index (χ1n) is 9.52. The summed E-state index contributed by atoms with van der Waals surface area (Å²) in [6.07, 6.45) is 9.30. The first-order chi connectivity index (χ1) is 14.0. The Kier molecular flexibility index (Phi) is 9.07. The van der Waals surface area contributed by atoms with Crippen LogP contribution in [0.1, 0.15) is 33.3 Å². The summed E-state index contributed by atoms with van der Waals surface area (Å²) < 4.78 is 0. The van der Waals surface area contributed by atoms with Crippen LogP contribution < -0.4 is 0 Å². The molecule has 1 heterocycles. The van der Waals surface area contributed by atoms with E-state index in [1.165, 1.54) is 12.1 Å². The summed E-state index contributed by atoms with van der Waals surface area (Å²) in [5, 5.41) is 20.7. The molecule has 1 aromatic rings. The maximum Gasteiger partial charge on any atom is 0.269 e. The van der Waals surface area contributed by atoms with Gasteiger partial charge in [0, 0.05) is 41.2 Å².